The minimum Gasteiger partial charge on any atom is -0.326 e. The van der Waals surface area contributed by atoms with E-state index in [1.807, 2.05) is 0 Å². The van der Waals surface area contributed by atoms with Crippen LogP contribution in [-0.2, 0) is 15.8 Å². The molecule has 3 rings (SSSR count). The van der Waals surface area contributed by atoms with Gasteiger partial charge in [-0.2, -0.15) is 13.2 Å². The zero-order valence-corrected chi connectivity index (χ0v) is 17.5. The summed E-state index contributed by atoms with van der Waals surface area (Å²) in [5.41, 5.74) is -0.550. The monoisotopic (exact) mass is 468 g/mol. The maximum absolute atomic E-state index is 13.8. The molecule has 2 amide bonds. The average molecular weight is 468 g/mol. The molecule has 0 atom stereocenters. The largest absolute Gasteiger partial charge is 0.416 e. The van der Waals surface area contributed by atoms with Crippen molar-refractivity contribution >= 4 is 51.9 Å². The van der Waals surface area contributed by atoms with Crippen molar-refractivity contribution < 1.29 is 27.2 Å². The van der Waals surface area contributed by atoms with Crippen molar-refractivity contribution in [3.8, 4) is 0 Å². The van der Waals surface area contributed by atoms with Crippen LogP contribution in [-0.4, -0.2) is 27.6 Å². The lowest BCUT2D eigenvalue weighted by Crippen LogP contribution is -2.29. The van der Waals surface area contributed by atoms with Gasteiger partial charge in [-0.15, -0.1) is 0 Å². The smallest absolute Gasteiger partial charge is 0.326 e. The molecule has 31 heavy (non-hydrogen) atoms. The molecule has 2 aromatic rings. The molecule has 1 aliphatic heterocycles. The van der Waals surface area contributed by atoms with Crippen molar-refractivity contribution in [2.24, 2.45) is 0 Å². The van der Waals surface area contributed by atoms with E-state index in [1.54, 1.807) is 18.2 Å². The second-order valence-electron chi connectivity index (χ2n) is 6.59. The summed E-state index contributed by atoms with van der Waals surface area (Å²) in [5.74, 6) is -1.32. The van der Waals surface area contributed by atoms with Crippen molar-refractivity contribution in [2.45, 2.75) is 19.0 Å². The van der Waals surface area contributed by atoms with Crippen LogP contribution in [0.15, 0.2) is 53.4 Å². The Morgan fingerprint density at radius 1 is 1.16 bits per heavy atom. The maximum Gasteiger partial charge on any atom is 0.416 e. The van der Waals surface area contributed by atoms with Crippen molar-refractivity contribution in [3.63, 3.8) is 0 Å². The minimum atomic E-state index is -4.50. The van der Waals surface area contributed by atoms with Gasteiger partial charge >= 0.3 is 6.18 Å². The number of benzene rings is 2. The molecule has 1 N–H and O–H groups in total. The van der Waals surface area contributed by atoms with E-state index >= 15 is 0 Å². The maximum atomic E-state index is 13.8. The van der Waals surface area contributed by atoms with E-state index in [-0.39, 0.29) is 41.4 Å². The van der Waals surface area contributed by atoms with Gasteiger partial charge in [-0.3, -0.25) is 14.5 Å². The van der Waals surface area contributed by atoms with Crippen molar-refractivity contribution in [1.29, 1.82) is 0 Å². The second kappa shape index (κ2) is 9.61. The number of carbonyl (C=O) groups excluding carboxylic acids is 2. The fourth-order valence-electron chi connectivity index (χ4n) is 2.82. The average Bonchev–Trinajstić information content (AvgIpc) is 2.96. The topological polar surface area (TPSA) is 49.4 Å². The molecule has 10 heteroatoms. The summed E-state index contributed by atoms with van der Waals surface area (Å²) >= 11 is 6.25. The van der Waals surface area contributed by atoms with Gasteiger partial charge in [0.25, 0.3) is 5.91 Å². The summed E-state index contributed by atoms with van der Waals surface area (Å²) < 4.78 is 52.4. The summed E-state index contributed by atoms with van der Waals surface area (Å²) in [4.78, 5) is 26.2. The van der Waals surface area contributed by atoms with E-state index in [4.69, 9.17) is 12.2 Å². The van der Waals surface area contributed by atoms with Crippen molar-refractivity contribution in [2.75, 3.05) is 11.9 Å². The standard InChI is InChI=1S/C21H16F4N2O2S2/c22-16-8-2-1-5-13(16)11-17-19(29)27(20(30)31-17)10-4-9-18(28)26-15-7-3-6-14(12-15)21(23,24)25/h1-3,5-8,11-12H,4,9-10H2,(H,26,28)/b17-11-. The number of alkyl halides is 3. The molecule has 1 heterocycles. The third kappa shape index (κ3) is 5.92. The highest BCUT2D eigenvalue weighted by atomic mass is 32.2. The normalized spacial score (nSPS) is 15.6. The first-order valence-electron chi connectivity index (χ1n) is 9.12. The van der Waals surface area contributed by atoms with Crippen LogP contribution in [0.3, 0.4) is 0 Å². The van der Waals surface area contributed by atoms with Gasteiger partial charge < -0.3 is 5.32 Å². The number of hydrogen-bond acceptors (Lipinski definition) is 4. The molecule has 1 fully saturated rings. The molecular formula is C21H16F4N2O2S2. The van der Waals surface area contributed by atoms with Crippen LogP contribution in [0, 0.1) is 5.82 Å². The number of halogens is 4. The highest BCUT2D eigenvalue weighted by molar-refractivity contribution is 8.26. The lowest BCUT2D eigenvalue weighted by Gasteiger charge is -2.14. The zero-order chi connectivity index (χ0) is 22.6. The van der Waals surface area contributed by atoms with E-state index in [2.05, 4.69) is 5.32 Å². The molecule has 162 valence electrons. The number of amides is 2. The Bertz CT molecular complexity index is 1050. The number of nitrogens with zero attached hydrogens (tertiary/aromatic N) is 1. The summed E-state index contributed by atoms with van der Waals surface area (Å²) in [7, 11) is 0. The Morgan fingerprint density at radius 2 is 1.90 bits per heavy atom. The summed E-state index contributed by atoms with van der Waals surface area (Å²) in [6.07, 6.45) is -2.84. The van der Waals surface area contributed by atoms with E-state index < -0.39 is 23.5 Å². The van der Waals surface area contributed by atoms with E-state index in [1.165, 1.54) is 29.2 Å². The van der Waals surface area contributed by atoms with Gasteiger partial charge in [0.15, 0.2) is 0 Å². The summed E-state index contributed by atoms with van der Waals surface area (Å²) in [5, 5.41) is 2.42. The Labute approximate surface area is 185 Å². The first-order chi connectivity index (χ1) is 14.6. The van der Waals surface area contributed by atoms with Crippen molar-refractivity contribution in [1.82, 2.24) is 4.90 Å². The van der Waals surface area contributed by atoms with E-state index in [9.17, 15) is 27.2 Å². The fraction of sp³-hybridized carbons (Fsp3) is 0.190. The lowest BCUT2D eigenvalue weighted by atomic mass is 10.2. The number of anilines is 1. The van der Waals surface area contributed by atoms with Gasteiger partial charge in [0.2, 0.25) is 5.91 Å². The van der Waals surface area contributed by atoms with Crippen LogP contribution < -0.4 is 5.32 Å². The highest BCUT2D eigenvalue weighted by Gasteiger charge is 2.32. The molecule has 0 spiro atoms. The van der Waals surface area contributed by atoms with Gasteiger partial charge in [0.05, 0.1) is 10.5 Å². The lowest BCUT2D eigenvalue weighted by molar-refractivity contribution is -0.137. The predicted octanol–water partition coefficient (Wildman–Crippen LogP) is 5.46. The molecule has 1 saturated heterocycles. The first-order valence-corrected chi connectivity index (χ1v) is 10.3. The summed E-state index contributed by atoms with van der Waals surface area (Å²) in [6.45, 7) is 0.162. The Hall–Kier alpha value is -2.72. The molecule has 4 nitrogen and oxygen atoms in total. The number of hydrogen-bond donors (Lipinski definition) is 1. The third-order valence-corrected chi connectivity index (χ3v) is 5.70. The number of thioether (sulfide) groups is 1. The van der Waals surface area contributed by atoms with Gasteiger partial charge in [0, 0.05) is 24.2 Å². The number of nitrogens with one attached hydrogen (secondary N) is 1. The number of rotatable bonds is 6. The highest BCUT2D eigenvalue weighted by Crippen LogP contribution is 2.33. The molecule has 0 aliphatic carbocycles. The molecular weight excluding hydrogens is 452 g/mol. The van der Waals surface area contributed by atoms with E-state index in [0.717, 1.165) is 23.9 Å². The van der Waals surface area contributed by atoms with Gasteiger partial charge in [0.1, 0.15) is 10.1 Å². The van der Waals surface area contributed by atoms with Crippen molar-refractivity contribution in [3.05, 3.63) is 70.4 Å². The Morgan fingerprint density at radius 3 is 2.61 bits per heavy atom. The quantitative estimate of drug-likeness (QED) is 0.347. The molecule has 1 aliphatic rings. The van der Waals surface area contributed by atoms with Gasteiger partial charge in [-0.1, -0.05) is 48.2 Å². The number of thiocarbonyl (C=S) groups is 1. The molecule has 0 saturated carbocycles. The van der Waals surface area contributed by atoms with Crippen LogP contribution in [0.2, 0.25) is 0 Å². The first kappa shape index (κ1) is 23.0. The van der Waals surface area contributed by atoms with Crippen LogP contribution in [0.25, 0.3) is 6.08 Å². The van der Waals surface area contributed by atoms with Crippen LogP contribution in [0.4, 0.5) is 23.2 Å². The van der Waals surface area contributed by atoms with Gasteiger partial charge in [-0.05, 0) is 36.8 Å². The SMILES string of the molecule is O=C(CCCN1C(=O)/C(=C/c2ccccc2F)SC1=S)Nc1cccc(C(F)(F)F)c1. The van der Waals surface area contributed by atoms with E-state index in [0.29, 0.717) is 4.32 Å². The fourth-order valence-corrected chi connectivity index (χ4v) is 4.12. The van der Waals surface area contributed by atoms with Crippen LogP contribution >= 0.6 is 24.0 Å². The summed E-state index contributed by atoms with van der Waals surface area (Å²) in [6, 6.07) is 10.4. The van der Waals surface area contributed by atoms with Crippen LogP contribution in [0.1, 0.15) is 24.0 Å². The molecule has 0 aromatic heterocycles. The molecule has 2 aromatic carbocycles. The third-order valence-electron chi connectivity index (χ3n) is 4.32. The molecule has 0 radical (unpaired) electrons. The Kier molecular flexibility index (Phi) is 7.11. The Balaban J connectivity index is 1.55. The van der Waals surface area contributed by atoms with Crippen LogP contribution in [0.5, 0.6) is 0 Å². The molecule has 0 bridgehead atoms. The predicted molar refractivity (Wildman–Crippen MR) is 116 cm³/mol. The number of carbonyl (C=O) groups is 2. The zero-order valence-electron chi connectivity index (χ0n) is 15.9. The minimum absolute atomic E-state index is 0.0142. The van der Waals surface area contributed by atoms with Gasteiger partial charge in [-0.25, -0.2) is 4.39 Å². The molecule has 0 unspecified atom stereocenters. The second-order valence-corrected chi connectivity index (χ2v) is 8.26.